The van der Waals surface area contributed by atoms with E-state index in [1.165, 1.54) is 5.56 Å². The van der Waals surface area contributed by atoms with Gasteiger partial charge in [0.15, 0.2) is 5.96 Å². The average Bonchev–Trinajstić information content (AvgIpc) is 2.62. The van der Waals surface area contributed by atoms with Crippen molar-refractivity contribution in [3.05, 3.63) is 35.9 Å². The summed E-state index contributed by atoms with van der Waals surface area (Å²) < 4.78 is 0. The molecule has 0 bridgehead atoms. The van der Waals surface area contributed by atoms with Gasteiger partial charge in [-0.1, -0.05) is 30.3 Å². The van der Waals surface area contributed by atoms with Crippen LogP contribution in [-0.2, 0) is 11.3 Å². The zero-order chi connectivity index (χ0) is 17.2. The van der Waals surface area contributed by atoms with E-state index in [1.54, 1.807) is 7.05 Å². The van der Waals surface area contributed by atoms with Crippen LogP contribution in [-0.4, -0.2) is 50.0 Å². The Bertz CT molecular complexity index is 538. The van der Waals surface area contributed by atoms with E-state index in [0.717, 1.165) is 57.9 Å². The van der Waals surface area contributed by atoms with Gasteiger partial charge in [-0.25, -0.2) is 0 Å². The van der Waals surface area contributed by atoms with Crippen molar-refractivity contribution in [1.82, 2.24) is 15.5 Å². The Labute approximate surface area is 167 Å². The number of rotatable bonds is 7. The number of halogens is 1. The normalized spacial score (nSPS) is 18.3. The average molecular weight is 459 g/mol. The fourth-order valence-corrected chi connectivity index (χ4v) is 3.00. The van der Waals surface area contributed by atoms with Gasteiger partial charge < -0.3 is 21.3 Å². The van der Waals surface area contributed by atoms with Crippen molar-refractivity contribution in [2.24, 2.45) is 16.6 Å². The van der Waals surface area contributed by atoms with E-state index in [4.69, 9.17) is 5.73 Å². The lowest BCUT2D eigenvalue weighted by atomic mass is 9.97. The number of hydrogen-bond donors (Lipinski definition) is 3. The van der Waals surface area contributed by atoms with Gasteiger partial charge in [-0.2, -0.15) is 0 Å². The number of aliphatic imine (C=N–C) groups is 1. The van der Waals surface area contributed by atoms with Crippen LogP contribution in [0.3, 0.4) is 0 Å². The van der Waals surface area contributed by atoms with E-state index >= 15 is 0 Å². The van der Waals surface area contributed by atoms with Crippen LogP contribution in [0, 0.1) is 5.92 Å². The molecule has 1 amide bonds. The first kappa shape index (κ1) is 21.7. The van der Waals surface area contributed by atoms with Crippen LogP contribution in [0.25, 0.3) is 0 Å². The van der Waals surface area contributed by atoms with Gasteiger partial charge in [-0.3, -0.25) is 9.79 Å². The minimum Gasteiger partial charge on any atom is -0.369 e. The van der Waals surface area contributed by atoms with Crippen molar-refractivity contribution in [2.45, 2.75) is 25.8 Å². The molecule has 1 fully saturated rings. The fraction of sp³-hybridized carbons (Fsp3) is 0.556. The maximum Gasteiger partial charge on any atom is 0.221 e. The zero-order valence-corrected chi connectivity index (χ0v) is 17.2. The Morgan fingerprint density at radius 3 is 2.76 bits per heavy atom. The molecule has 4 N–H and O–H groups in total. The van der Waals surface area contributed by atoms with Crippen molar-refractivity contribution in [3.63, 3.8) is 0 Å². The SMILES string of the molecule is CN=C(NCCCN1CCCC(C(N)=O)C1)NCc1ccccc1.I. The molecule has 1 aromatic carbocycles. The molecule has 1 aliphatic heterocycles. The molecule has 0 aromatic heterocycles. The summed E-state index contributed by atoms with van der Waals surface area (Å²) in [5, 5.41) is 6.64. The van der Waals surface area contributed by atoms with Crippen LogP contribution < -0.4 is 16.4 Å². The summed E-state index contributed by atoms with van der Waals surface area (Å²) in [5.74, 6) is 0.669. The summed E-state index contributed by atoms with van der Waals surface area (Å²) in [5.41, 5.74) is 6.65. The van der Waals surface area contributed by atoms with Gasteiger partial charge in [0.05, 0.1) is 5.92 Å². The van der Waals surface area contributed by atoms with Gasteiger partial charge in [0.25, 0.3) is 0 Å². The van der Waals surface area contributed by atoms with Gasteiger partial charge in [0, 0.05) is 26.7 Å². The number of benzene rings is 1. The maximum atomic E-state index is 11.3. The quantitative estimate of drug-likeness (QED) is 0.250. The number of piperidine rings is 1. The van der Waals surface area contributed by atoms with Gasteiger partial charge in [0.1, 0.15) is 0 Å². The van der Waals surface area contributed by atoms with Crippen LogP contribution in [0.5, 0.6) is 0 Å². The molecule has 25 heavy (non-hydrogen) atoms. The van der Waals surface area contributed by atoms with Crippen molar-refractivity contribution < 1.29 is 4.79 Å². The van der Waals surface area contributed by atoms with Crippen LogP contribution in [0.4, 0.5) is 0 Å². The third-order valence-electron chi connectivity index (χ3n) is 4.38. The second-order valence-electron chi connectivity index (χ2n) is 6.23. The summed E-state index contributed by atoms with van der Waals surface area (Å²) in [7, 11) is 1.78. The standard InChI is InChI=1S/C18H29N5O.HI/c1-20-18(22-13-15-7-3-2-4-8-15)21-10-6-12-23-11-5-9-16(14-23)17(19)24;/h2-4,7-8,16H,5-6,9-14H2,1H3,(H2,19,24)(H2,20,21,22);1H. The second kappa shape index (κ2) is 12.1. The zero-order valence-electron chi connectivity index (χ0n) is 14.9. The number of nitrogens with zero attached hydrogens (tertiary/aromatic N) is 2. The van der Waals surface area contributed by atoms with Crippen molar-refractivity contribution in [3.8, 4) is 0 Å². The van der Waals surface area contributed by atoms with Gasteiger partial charge in [0.2, 0.25) is 5.91 Å². The molecule has 6 nitrogen and oxygen atoms in total. The van der Waals surface area contributed by atoms with Crippen LogP contribution in [0.1, 0.15) is 24.8 Å². The Kier molecular flexibility index (Phi) is 10.5. The number of guanidine groups is 1. The van der Waals surface area contributed by atoms with E-state index in [0.29, 0.717) is 0 Å². The number of likely N-dealkylation sites (tertiary alicyclic amines) is 1. The molecule has 0 saturated carbocycles. The first-order valence-electron chi connectivity index (χ1n) is 8.69. The first-order valence-corrected chi connectivity index (χ1v) is 8.69. The number of amides is 1. The maximum absolute atomic E-state index is 11.3. The second-order valence-corrected chi connectivity index (χ2v) is 6.23. The molecule has 1 unspecified atom stereocenters. The van der Waals surface area contributed by atoms with E-state index in [1.807, 2.05) is 18.2 Å². The Morgan fingerprint density at radius 2 is 2.08 bits per heavy atom. The minimum absolute atomic E-state index is 0. The third-order valence-corrected chi connectivity index (χ3v) is 4.38. The summed E-state index contributed by atoms with van der Waals surface area (Å²) in [4.78, 5) is 17.9. The molecule has 7 heteroatoms. The number of hydrogen-bond acceptors (Lipinski definition) is 3. The van der Waals surface area contributed by atoms with E-state index in [2.05, 4.69) is 32.7 Å². The molecule has 2 rings (SSSR count). The monoisotopic (exact) mass is 459 g/mol. The minimum atomic E-state index is -0.164. The highest BCUT2D eigenvalue weighted by Crippen LogP contribution is 2.15. The summed E-state index contributed by atoms with van der Waals surface area (Å²) >= 11 is 0. The Hall–Kier alpha value is -1.35. The molecular weight excluding hydrogens is 429 g/mol. The van der Waals surface area contributed by atoms with Crippen LogP contribution >= 0.6 is 24.0 Å². The van der Waals surface area contributed by atoms with Crippen LogP contribution in [0.15, 0.2) is 35.3 Å². The summed E-state index contributed by atoms with van der Waals surface area (Å²) in [6, 6.07) is 10.3. The molecule has 1 atom stereocenters. The Morgan fingerprint density at radius 1 is 1.32 bits per heavy atom. The molecule has 1 saturated heterocycles. The van der Waals surface area contributed by atoms with Gasteiger partial charge in [-0.05, 0) is 37.9 Å². The molecule has 0 aliphatic carbocycles. The summed E-state index contributed by atoms with van der Waals surface area (Å²) in [6.45, 7) is 4.45. The summed E-state index contributed by atoms with van der Waals surface area (Å²) in [6.07, 6.45) is 3.00. The van der Waals surface area contributed by atoms with Crippen molar-refractivity contribution in [2.75, 3.05) is 33.2 Å². The smallest absolute Gasteiger partial charge is 0.221 e. The fourth-order valence-electron chi connectivity index (χ4n) is 3.00. The van der Waals surface area contributed by atoms with Gasteiger partial charge >= 0.3 is 0 Å². The first-order chi connectivity index (χ1) is 11.7. The van der Waals surface area contributed by atoms with Crippen LogP contribution in [0.2, 0.25) is 0 Å². The molecule has 1 aromatic rings. The lowest BCUT2D eigenvalue weighted by Crippen LogP contribution is -2.42. The third kappa shape index (κ3) is 8.04. The molecule has 1 heterocycles. The number of nitrogens with one attached hydrogen (secondary N) is 2. The molecule has 140 valence electrons. The van der Waals surface area contributed by atoms with Crippen molar-refractivity contribution in [1.29, 1.82) is 0 Å². The predicted molar refractivity (Wildman–Crippen MR) is 113 cm³/mol. The van der Waals surface area contributed by atoms with E-state index in [-0.39, 0.29) is 35.8 Å². The molecule has 0 radical (unpaired) electrons. The molecular formula is C18H30IN5O. The van der Waals surface area contributed by atoms with Gasteiger partial charge in [-0.15, -0.1) is 24.0 Å². The van der Waals surface area contributed by atoms with Crippen molar-refractivity contribution >= 4 is 35.8 Å². The number of carbonyl (C=O) groups is 1. The largest absolute Gasteiger partial charge is 0.369 e. The predicted octanol–water partition coefficient (Wildman–Crippen LogP) is 1.56. The van der Waals surface area contributed by atoms with E-state index < -0.39 is 0 Å². The highest BCUT2D eigenvalue weighted by molar-refractivity contribution is 14.0. The topological polar surface area (TPSA) is 82.8 Å². The lowest BCUT2D eigenvalue weighted by molar-refractivity contribution is -0.123. The number of carbonyl (C=O) groups excluding carboxylic acids is 1. The highest BCUT2D eigenvalue weighted by Gasteiger charge is 2.23. The lowest BCUT2D eigenvalue weighted by Gasteiger charge is -2.31. The molecule has 1 aliphatic rings. The van der Waals surface area contributed by atoms with E-state index in [9.17, 15) is 4.79 Å². The number of nitrogens with two attached hydrogens (primary N) is 1. The highest BCUT2D eigenvalue weighted by atomic mass is 127. The number of primary amides is 1. The Balaban J connectivity index is 0.00000312. The molecule has 0 spiro atoms.